The molecule has 8 nitrogen and oxygen atoms in total. The third-order valence-electron chi connectivity index (χ3n) is 5.91. The van der Waals surface area contributed by atoms with Crippen LogP contribution in [0.5, 0.6) is 0 Å². The summed E-state index contributed by atoms with van der Waals surface area (Å²) in [5.74, 6) is 0.488. The zero-order chi connectivity index (χ0) is 23.9. The number of hydrogen-bond acceptors (Lipinski definition) is 5. The lowest BCUT2D eigenvalue weighted by molar-refractivity contribution is 0.705. The average molecular weight is 480 g/mol. The van der Waals surface area contributed by atoms with Gasteiger partial charge in [-0.2, -0.15) is 0 Å². The summed E-state index contributed by atoms with van der Waals surface area (Å²) in [6, 6.07) is 22.8. The van der Waals surface area contributed by atoms with E-state index in [1.165, 1.54) is 12.7 Å². The number of aromatic nitrogens is 6. The van der Waals surface area contributed by atoms with E-state index in [1.54, 1.807) is 27.3 Å². The highest BCUT2D eigenvalue weighted by atomic mass is 35.5. The van der Waals surface area contributed by atoms with E-state index >= 15 is 0 Å². The SMILES string of the molecule is N=c1ncn(Cc2nc3cccc(Cl)c3c(=O)n2-c2ccccc2-c2ccccc2)c2nc[nH]c12. The predicted molar refractivity (Wildman–Crippen MR) is 135 cm³/mol. The van der Waals surface area contributed by atoms with Gasteiger partial charge in [-0.05, 0) is 23.8 Å². The molecule has 0 amide bonds. The van der Waals surface area contributed by atoms with E-state index in [9.17, 15) is 4.79 Å². The number of imidazole rings is 1. The van der Waals surface area contributed by atoms with Crippen LogP contribution in [-0.4, -0.2) is 29.1 Å². The molecule has 0 fully saturated rings. The van der Waals surface area contributed by atoms with Crippen molar-refractivity contribution >= 4 is 33.7 Å². The normalized spacial score (nSPS) is 11.3. The summed E-state index contributed by atoms with van der Waals surface area (Å²) >= 11 is 6.47. The third-order valence-corrected chi connectivity index (χ3v) is 6.23. The van der Waals surface area contributed by atoms with E-state index in [4.69, 9.17) is 22.0 Å². The number of hydrogen-bond donors (Lipinski definition) is 2. The summed E-state index contributed by atoms with van der Waals surface area (Å²) in [5.41, 5.74) is 3.96. The van der Waals surface area contributed by atoms with Gasteiger partial charge in [-0.1, -0.05) is 66.2 Å². The summed E-state index contributed by atoms with van der Waals surface area (Å²) in [4.78, 5) is 30.3. The zero-order valence-corrected chi connectivity index (χ0v) is 19.1. The molecular weight excluding hydrogens is 462 g/mol. The summed E-state index contributed by atoms with van der Waals surface area (Å²) in [6.45, 7) is 0.204. The minimum Gasteiger partial charge on any atom is -0.340 e. The van der Waals surface area contributed by atoms with Crippen LogP contribution in [0.15, 0.2) is 90.2 Å². The van der Waals surface area contributed by atoms with E-state index in [0.29, 0.717) is 38.6 Å². The Hall–Kier alpha value is -4.56. The Balaban J connectivity index is 1.66. The standard InChI is InChI=1S/C26H18ClN7O/c27-18-10-6-11-19-22(18)26(35)34(20-12-5-4-9-17(20)16-7-2-1-3-8-16)21(32-19)13-33-15-31-24(28)23-25(33)30-14-29-23/h1-12,14-15,28H,13H2,(H,29,30). The van der Waals surface area contributed by atoms with Gasteiger partial charge in [-0.25, -0.2) is 15.0 Å². The van der Waals surface area contributed by atoms with Gasteiger partial charge in [0, 0.05) is 5.56 Å². The van der Waals surface area contributed by atoms with Gasteiger partial charge < -0.3 is 9.55 Å². The molecule has 3 aromatic heterocycles. The van der Waals surface area contributed by atoms with Crippen molar-refractivity contribution in [2.75, 3.05) is 0 Å². The molecule has 0 atom stereocenters. The number of nitrogens with one attached hydrogen (secondary N) is 2. The van der Waals surface area contributed by atoms with E-state index in [1.807, 2.05) is 54.6 Å². The Labute approximate surface area is 203 Å². The summed E-state index contributed by atoms with van der Waals surface area (Å²) in [6.07, 6.45) is 3.06. The maximum absolute atomic E-state index is 14.0. The highest BCUT2D eigenvalue weighted by molar-refractivity contribution is 6.35. The van der Waals surface area contributed by atoms with Crippen LogP contribution in [0, 0.1) is 5.41 Å². The van der Waals surface area contributed by atoms with Crippen molar-refractivity contribution in [3.8, 4) is 16.8 Å². The topological polar surface area (TPSA) is 105 Å². The molecule has 0 aliphatic rings. The fraction of sp³-hybridized carbons (Fsp3) is 0.0385. The lowest BCUT2D eigenvalue weighted by atomic mass is 10.0. The number of aromatic amines is 1. The largest absolute Gasteiger partial charge is 0.340 e. The molecular formula is C26H18ClN7O. The maximum Gasteiger partial charge on any atom is 0.267 e. The van der Waals surface area contributed by atoms with Crippen molar-refractivity contribution in [1.82, 2.24) is 29.1 Å². The van der Waals surface area contributed by atoms with Gasteiger partial charge in [0.25, 0.3) is 5.56 Å². The number of rotatable bonds is 4. The van der Waals surface area contributed by atoms with Gasteiger partial charge >= 0.3 is 0 Å². The van der Waals surface area contributed by atoms with Gasteiger partial charge in [-0.15, -0.1) is 0 Å². The highest BCUT2D eigenvalue weighted by Gasteiger charge is 2.19. The zero-order valence-electron chi connectivity index (χ0n) is 18.3. The van der Waals surface area contributed by atoms with Gasteiger partial charge in [0.2, 0.25) is 0 Å². The molecule has 0 aliphatic carbocycles. The number of halogens is 1. The molecule has 6 rings (SSSR count). The van der Waals surface area contributed by atoms with E-state index in [2.05, 4.69) is 15.0 Å². The molecule has 9 heteroatoms. The van der Waals surface area contributed by atoms with Crippen molar-refractivity contribution in [2.45, 2.75) is 6.54 Å². The molecule has 0 saturated carbocycles. The molecule has 0 saturated heterocycles. The average Bonchev–Trinajstić information content (AvgIpc) is 3.38. The molecule has 3 aromatic carbocycles. The van der Waals surface area contributed by atoms with Crippen molar-refractivity contribution in [1.29, 1.82) is 5.41 Å². The monoisotopic (exact) mass is 479 g/mol. The second-order valence-corrected chi connectivity index (χ2v) is 8.42. The van der Waals surface area contributed by atoms with Crippen LogP contribution in [0.3, 0.4) is 0 Å². The number of nitrogens with zero attached hydrogens (tertiary/aromatic N) is 5. The molecule has 3 heterocycles. The second kappa shape index (κ2) is 8.34. The third kappa shape index (κ3) is 3.51. The summed E-state index contributed by atoms with van der Waals surface area (Å²) in [7, 11) is 0. The lowest BCUT2D eigenvalue weighted by Gasteiger charge is -2.18. The van der Waals surface area contributed by atoms with Crippen LogP contribution in [-0.2, 0) is 6.54 Å². The first-order chi connectivity index (χ1) is 17.1. The fourth-order valence-corrected chi connectivity index (χ4v) is 4.56. The van der Waals surface area contributed by atoms with Crippen molar-refractivity contribution in [3.05, 3.63) is 112 Å². The second-order valence-electron chi connectivity index (χ2n) is 8.01. The first kappa shape index (κ1) is 21.0. The van der Waals surface area contributed by atoms with Crippen LogP contribution >= 0.6 is 11.6 Å². The molecule has 0 radical (unpaired) electrons. The van der Waals surface area contributed by atoms with Gasteiger partial charge in [0.05, 0.1) is 40.8 Å². The van der Waals surface area contributed by atoms with Gasteiger partial charge in [0.1, 0.15) is 11.3 Å². The van der Waals surface area contributed by atoms with Crippen molar-refractivity contribution < 1.29 is 0 Å². The van der Waals surface area contributed by atoms with Crippen molar-refractivity contribution in [2.24, 2.45) is 0 Å². The molecule has 0 aliphatic heterocycles. The summed E-state index contributed by atoms with van der Waals surface area (Å²) < 4.78 is 3.38. The predicted octanol–water partition coefficient (Wildman–Crippen LogP) is 4.31. The van der Waals surface area contributed by atoms with E-state index < -0.39 is 0 Å². The Morgan fingerprint density at radius 2 is 1.74 bits per heavy atom. The van der Waals surface area contributed by atoms with E-state index in [0.717, 1.165) is 11.1 Å². The Morgan fingerprint density at radius 1 is 0.943 bits per heavy atom. The highest BCUT2D eigenvalue weighted by Crippen LogP contribution is 2.28. The van der Waals surface area contributed by atoms with Crippen molar-refractivity contribution in [3.63, 3.8) is 0 Å². The van der Waals surface area contributed by atoms with Crippen LogP contribution < -0.4 is 11.0 Å². The molecule has 6 aromatic rings. The molecule has 0 spiro atoms. The Morgan fingerprint density at radius 3 is 2.60 bits per heavy atom. The molecule has 170 valence electrons. The number of H-pyrrole nitrogens is 1. The first-order valence-electron chi connectivity index (χ1n) is 10.9. The van der Waals surface area contributed by atoms with Crippen LogP contribution in [0.4, 0.5) is 0 Å². The van der Waals surface area contributed by atoms with E-state index in [-0.39, 0.29) is 17.6 Å². The fourth-order valence-electron chi connectivity index (χ4n) is 4.31. The van der Waals surface area contributed by atoms with Gasteiger partial charge in [-0.3, -0.25) is 14.8 Å². The minimum absolute atomic E-state index is 0.0961. The maximum atomic E-state index is 14.0. The number of benzene rings is 3. The number of fused-ring (bicyclic) bond motifs is 2. The Kier molecular flexibility index (Phi) is 5.00. The smallest absolute Gasteiger partial charge is 0.267 e. The molecule has 35 heavy (non-hydrogen) atoms. The lowest BCUT2D eigenvalue weighted by Crippen LogP contribution is -2.26. The quantitative estimate of drug-likeness (QED) is 0.393. The van der Waals surface area contributed by atoms with Crippen LogP contribution in [0.1, 0.15) is 5.82 Å². The molecule has 0 unspecified atom stereocenters. The van der Waals surface area contributed by atoms with Gasteiger partial charge in [0.15, 0.2) is 11.1 Å². The Bertz CT molecular complexity index is 1840. The van der Waals surface area contributed by atoms with Crippen LogP contribution in [0.25, 0.3) is 38.9 Å². The van der Waals surface area contributed by atoms with Crippen LogP contribution in [0.2, 0.25) is 5.02 Å². The number of para-hydroxylation sites is 1. The first-order valence-corrected chi connectivity index (χ1v) is 11.3. The minimum atomic E-state index is -0.261. The molecule has 2 N–H and O–H groups in total. The summed E-state index contributed by atoms with van der Waals surface area (Å²) in [5, 5.41) is 8.75. The molecule has 0 bridgehead atoms.